The molecule has 6 heteroatoms. The molecule has 1 saturated carbocycles. The highest BCUT2D eigenvalue weighted by Crippen LogP contribution is 2.40. The summed E-state index contributed by atoms with van der Waals surface area (Å²) in [5.41, 5.74) is 3.86. The summed E-state index contributed by atoms with van der Waals surface area (Å²) >= 11 is 0. The minimum absolute atomic E-state index is 0.0225. The molecule has 27 heavy (non-hydrogen) atoms. The molecule has 0 radical (unpaired) electrons. The molecule has 142 valence electrons. The third kappa shape index (κ3) is 4.06. The van der Waals surface area contributed by atoms with Crippen LogP contribution in [0.15, 0.2) is 47.4 Å². The predicted molar refractivity (Wildman–Crippen MR) is 105 cm³/mol. The van der Waals surface area contributed by atoms with Gasteiger partial charge in [-0.3, -0.25) is 4.79 Å². The first-order chi connectivity index (χ1) is 12.9. The van der Waals surface area contributed by atoms with E-state index in [1.54, 1.807) is 18.2 Å². The number of carbonyl (C=O) groups excluding carboxylic acids is 1. The van der Waals surface area contributed by atoms with Crippen molar-refractivity contribution in [1.29, 1.82) is 0 Å². The summed E-state index contributed by atoms with van der Waals surface area (Å²) in [7, 11) is -3.64. The number of rotatable bonds is 5. The number of carbonyl (C=O) groups is 1. The number of nitrogens with one attached hydrogen (secondary N) is 2. The molecule has 0 spiro atoms. The van der Waals surface area contributed by atoms with Crippen molar-refractivity contribution < 1.29 is 13.2 Å². The zero-order valence-corrected chi connectivity index (χ0v) is 16.2. The smallest absolute Gasteiger partial charge is 0.241 e. The summed E-state index contributed by atoms with van der Waals surface area (Å²) < 4.78 is 28.4. The fraction of sp³-hybridized carbons (Fsp3) is 0.381. The van der Waals surface area contributed by atoms with Gasteiger partial charge < -0.3 is 5.32 Å². The van der Waals surface area contributed by atoms with E-state index >= 15 is 0 Å². The number of fused-ring (bicyclic) bond motifs is 1. The zero-order valence-electron chi connectivity index (χ0n) is 15.4. The largest absolute Gasteiger partial charge is 0.326 e. The number of amides is 1. The molecule has 1 fully saturated rings. The topological polar surface area (TPSA) is 75.3 Å². The Morgan fingerprint density at radius 2 is 1.81 bits per heavy atom. The van der Waals surface area contributed by atoms with E-state index in [0.29, 0.717) is 24.4 Å². The molecule has 2 aromatic rings. The van der Waals surface area contributed by atoms with E-state index in [4.69, 9.17) is 0 Å². The molecular formula is C21H24N2O3S. The zero-order chi connectivity index (χ0) is 19.0. The van der Waals surface area contributed by atoms with Crippen molar-refractivity contribution in [3.63, 3.8) is 0 Å². The Morgan fingerprint density at radius 1 is 1.07 bits per heavy atom. The lowest BCUT2D eigenvalue weighted by atomic mass is 10.0. The minimum atomic E-state index is -3.64. The average Bonchev–Trinajstić information content (AvgIpc) is 3.48. The van der Waals surface area contributed by atoms with Gasteiger partial charge in [0, 0.05) is 18.2 Å². The molecule has 1 heterocycles. The van der Waals surface area contributed by atoms with Gasteiger partial charge in [0.25, 0.3) is 0 Å². The quantitative estimate of drug-likeness (QED) is 0.821. The van der Waals surface area contributed by atoms with Gasteiger partial charge in [0.05, 0.1) is 4.90 Å². The number of hydrogen-bond donors (Lipinski definition) is 2. The molecule has 1 amide bonds. The normalized spacial score (nSPS) is 18.3. The van der Waals surface area contributed by atoms with Gasteiger partial charge >= 0.3 is 0 Å². The summed E-state index contributed by atoms with van der Waals surface area (Å²) in [5.74, 6) is 0.664. The standard InChI is InChI=1S/C21H24N2O3S/c1-14(15-5-7-16(8-6-15)17-9-10-17)23-27(25,26)19-11-12-20-18(13-19)3-2-4-21(24)22-20/h5-8,11-14,17,23H,2-4,9-10H2,1H3,(H,22,24). The minimum Gasteiger partial charge on any atom is -0.326 e. The van der Waals surface area contributed by atoms with Crippen molar-refractivity contribution >= 4 is 21.6 Å². The van der Waals surface area contributed by atoms with Gasteiger partial charge in [-0.05, 0) is 73.4 Å². The molecule has 2 N–H and O–H groups in total. The molecular weight excluding hydrogens is 360 g/mol. The van der Waals surface area contributed by atoms with Crippen LogP contribution >= 0.6 is 0 Å². The highest BCUT2D eigenvalue weighted by atomic mass is 32.2. The summed E-state index contributed by atoms with van der Waals surface area (Å²) in [4.78, 5) is 11.9. The fourth-order valence-electron chi connectivity index (χ4n) is 3.56. The Morgan fingerprint density at radius 3 is 2.52 bits per heavy atom. The molecule has 2 aromatic carbocycles. The van der Waals surface area contributed by atoms with E-state index in [1.807, 2.05) is 19.1 Å². The van der Waals surface area contributed by atoms with Crippen molar-refractivity contribution in [3.05, 3.63) is 59.2 Å². The number of aryl methyl sites for hydroxylation is 1. The molecule has 5 nitrogen and oxygen atoms in total. The van der Waals surface area contributed by atoms with Crippen LogP contribution in [0.1, 0.15) is 61.3 Å². The number of benzene rings is 2. The van der Waals surface area contributed by atoms with E-state index in [-0.39, 0.29) is 16.8 Å². The highest BCUT2D eigenvalue weighted by Gasteiger charge is 2.24. The Bertz CT molecular complexity index is 963. The van der Waals surface area contributed by atoms with Gasteiger partial charge in [0.15, 0.2) is 0 Å². The molecule has 4 rings (SSSR count). The van der Waals surface area contributed by atoms with Crippen LogP contribution in [0, 0.1) is 0 Å². The molecule has 1 aliphatic carbocycles. The third-order valence-corrected chi connectivity index (χ3v) is 6.87. The summed E-state index contributed by atoms with van der Waals surface area (Å²) in [6.45, 7) is 1.85. The Kier molecular flexibility index (Phi) is 4.78. The van der Waals surface area contributed by atoms with Crippen LogP contribution in [0.2, 0.25) is 0 Å². The summed E-state index contributed by atoms with van der Waals surface area (Å²) in [5, 5.41) is 2.83. The molecule has 0 saturated heterocycles. The molecule has 0 bridgehead atoms. The van der Waals surface area contributed by atoms with Crippen LogP contribution in [0.4, 0.5) is 5.69 Å². The van der Waals surface area contributed by atoms with E-state index < -0.39 is 10.0 Å². The molecule has 1 unspecified atom stereocenters. The second-order valence-corrected chi connectivity index (χ2v) is 9.22. The third-order valence-electron chi connectivity index (χ3n) is 5.33. The van der Waals surface area contributed by atoms with Crippen LogP contribution < -0.4 is 10.0 Å². The Labute approximate surface area is 160 Å². The van der Waals surface area contributed by atoms with Gasteiger partial charge in [-0.25, -0.2) is 13.1 Å². The van der Waals surface area contributed by atoms with Gasteiger partial charge in [0.1, 0.15) is 0 Å². The van der Waals surface area contributed by atoms with E-state index in [1.165, 1.54) is 18.4 Å². The number of hydrogen-bond acceptors (Lipinski definition) is 3. The van der Waals surface area contributed by atoms with Gasteiger partial charge in [-0.15, -0.1) is 0 Å². The first kappa shape index (κ1) is 18.2. The maximum Gasteiger partial charge on any atom is 0.241 e. The fourth-order valence-corrected chi connectivity index (χ4v) is 4.84. The second-order valence-electron chi connectivity index (χ2n) is 7.50. The predicted octanol–water partition coefficient (Wildman–Crippen LogP) is 3.88. The maximum atomic E-state index is 12.8. The highest BCUT2D eigenvalue weighted by molar-refractivity contribution is 7.89. The van der Waals surface area contributed by atoms with Crippen molar-refractivity contribution in [2.24, 2.45) is 0 Å². The SMILES string of the molecule is CC(NS(=O)(=O)c1ccc2c(c1)CCCC(=O)N2)c1ccc(C2CC2)cc1. The molecule has 1 atom stereocenters. The van der Waals surface area contributed by atoms with Crippen LogP contribution in [0.25, 0.3) is 0 Å². The molecule has 0 aromatic heterocycles. The van der Waals surface area contributed by atoms with E-state index in [0.717, 1.165) is 17.5 Å². The average molecular weight is 385 g/mol. The molecule has 1 aliphatic heterocycles. The first-order valence-corrected chi connectivity index (χ1v) is 11.0. The van der Waals surface area contributed by atoms with Crippen LogP contribution in [0.3, 0.4) is 0 Å². The lowest BCUT2D eigenvalue weighted by Crippen LogP contribution is -2.27. The van der Waals surface area contributed by atoms with E-state index in [2.05, 4.69) is 22.2 Å². The second kappa shape index (κ2) is 7.09. The van der Waals surface area contributed by atoms with Crippen molar-refractivity contribution in [2.75, 3.05) is 5.32 Å². The number of sulfonamides is 1. The summed E-state index contributed by atoms with van der Waals surface area (Å²) in [6.07, 6.45) is 4.37. The van der Waals surface area contributed by atoms with Crippen molar-refractivity contribution in [1.82, 2.24) is 4.72 Å². The molecule has 2 aliphatic rings. The number of anilines is 1. The van der Waals surface area contributed by atoms with Crippen LogP contribution in [0.5, 0.6) is 0 Å². The Hall–Kier alpha value is -2.18. The lowest BCUT2D eigenvalue weighted by Gasteiger charge is -2.16. The van der Waals surface area contributed by atoms with Crippen molar-refractivity contribution in [3.8, 4) is 0 Å². The van der Waals surface area contributed by atoms with Crippen molar-refractivity contribution in [2.45, 2.75) is 55.9 Å². The van der Waals surface area contributed by atoms with Gasteiger partial charge in [-0.2, -0.15) is 0 Å². The summed E-state index contributed by atoms with van der Waals surface area (Å²) in [6, 6.07) is 12.8. The Balaban J connectivity index is 1.52. The monoisotopic (exact) mass is 384 g/mol. The van der Waals surface area contributed by atoms with Gasteiger partial charge in [0.2, 0.25) is 15.9 Å². The van der Waals surface area contributed by atoms with Gasteiger partial charge in [-0.1, -0.05) is 24.3 Å². The first-order valence-electron chi connectivity index (χ1n) is 9.47. The van der Waals surface area contributed by atoms with E-state index in [9.17, 15) is 13.2 Å². The van der Waals surface area contributed by atoms with Crippen LogP contribution in [-0.2, 0) is 21.2 Å². The maximum absolute atomic E-state index is 12.8. The van der Waals surface area contributed by atoms with Crippen LogP contribution in [-0.4, -0.2) is 14.3 Å². The lowest BCUT2D eigenvalue weighted by molar-refractivity contribution is -0.116.